The summed E-state index contributed by atoms with van der Waals surface area (Å²) in [6, 6.07) is 4.02. The van der Waals surface area contributed by atoms with Crippen LogP contribution < -0.4 is 10.1 Å². The SMILES string of the molecule is CCCN(CCOc1c(Cl)cc(Cl)cc1Cl)C(=O)Nc1cc(F)cc(C(F)(F)F)c1. The second-order valence-electron chi connectivity index (χ2n) is 6.19. The molecule has 0 aromatic heterocycles. The molecular formula is C19H17Cl3F4N2O2. The number of anilines is 1. The first kappa shape index (κ1) is 24.4. The van der Waals surface area contributed by atoms with Crippen molar-refractivity contribution in [2.75, 3.05) is 25.0 Å². The van der Waals surface area contributed by atoms with Crippen LogP contribution in [-0.4, -0.2) is 30.6 Å². The quantitative estimate of drug-likeness (QED) is 0.422. The number of amides is 2. The van der Waals surface area contributed by atoms with Crippen LogP contribution in [0, 0.1) is 5.82 Å². The highest BCUT2D eigenvalue weighted by Gasteiger charge is 2.31. The average Bonchev–Trinajstić information content (AvgIpc) is 2.61. The van der Waals surface area contributed by atoms with Crippen LogP contribution in [0.3, 0.4) is 0 Å². The maximum atomic E-state index is 13.5. The fourth-order valence-corrected chi connectivity index (χ4v) is 3.46. The molecule has 0 aliphatic carbocycles. The Morgan fingerprint density at radius 1 is 1.07 bits per heavy atom. The first-order valence-electron chi connectivity index (χ1n) is 8.72. The molecule has 2 rings (SSSR count). The number of hydrogen-bond acceptors (Lipinski definition) is 2. The van der Waals surface area contributed by atoms with Gasteiger partial charge in [0.2, 0.25) is 0 Å². The second kappa shape index (κ2) is 10.4. The Bertz CT molecular complexity index is 887. The molecule has 1 N–H and O–H groups in total. The van der Waals surface area contributed by atoms with Gasteiger partial charge < -0.3 is 15.0 Å². The van der Waals surface area contributed by atoms with E-state index in [4.69, 9.17) is 39.5 Å². The van der Waals surface area contributed by atoms with E-state index >= 15 is 0 Å². The number of carbonyl (C=O) groups is 1. The molecule has 30 heavy (non-hydrogen) atoms. The van der Waals surface area contributed by atoms with Crippen molar-refractivity contribution < 1.29 is 27.1 Å². The van der Waals surface area contributed by atoms with Crippen molar-refractivity contribution in [3.05, 3.63) is 56.8 Å². The normalized spacial score (nSPS) is 11.3. The van der Waals surface area contributed by atoms with E-state index in [-0.39, 0.29) is 34.6 Å². The highest BCUT2D eigenvalue weighted by Crippen LogP contribution is 2.36. The van der Waals surface area contributed by atoms with Gasteiger partial charge >= 0.3 is 12.2 Å². The van der Waals surface area contributed by atoms with Gasteiger partial charge in [-0.05, 0) is 36.8 Å². The van der Waals surface area contributed by atoms with Gasteiger partial charge in [-0.2, -0.15) is 13.2 Å². The van der Waals surface area contributed by atoms with Crippen LogP contribution in [-0.2, 0) is 6.18 Å². The van der Waals surface area contributed by atoms with Gasteiger partial charge in [0.1, 0.15) is 12.4 Å². The maximum Gasteiger partial charge on any atom is 0.416 e. The maximum absolute atomic E-state index is 13.5. The third-order valence-electron chi connectivity index (χ3n) is 3.83. The van der Waals surface area contributed by atoms with Crippen molar-refractivity contribution in [1.82, 2.24) is 4.90 Å². The van der Waals surface area contributed by atoms with E-state index in [2.05, 4.69) is 5.32 Å². The third-order valence-corrected chi connectivity index (χ3v) is 4.61. The van der Waals surface area contributed by atoms with Gasteiger partial charge in [0, 0.05) is 17.3 Å². The number of urea groups is 1. The van der Waals surface area contributed by atoms with Crippen LogP contribution in [0.1, 0.15) is 18.9 Å². The smallest absolute Gasteiger partial charge is 0.416 e. The minimum absolute atomic E-state index is 0.00540. The van der Waals surface area contributed by atoms with Gasteiger partial charge in [-0.1, -0.05) is 41.7 Å². The summed E-state index contributed by atoms with van der Waals surface area (Å²) < 4.78 is 57.6. The van der Waals surface area contributed by atoms with Crippen LogP contribution in [0.5, 0.6) is 5.75 Å². The summed E-state index contributed by atoms with van der Waals surface area (Å²) in [5.74, 6) is -0.919. The van der Waals surface area contributed by atoms with E-state index in [9.17, 15) is 22.4 Å². The second-order valence-corrected chi connectivity index (χ2v) is 7.44. The Balaban J connectivity index is 2.06. The molecule has 0 fully saturated rings. The standard InChI is InChI=1S/C19H17Cl3F4N2O2/c1-2-3-28(4-5-30-17-15(21)8-12(20)9-16(17)22)18(29)27-14-7-11(19(24,25)26)6-13(23)10-14/h6-10H,2-5H2,1H3,(H,27,29). The minimum Gasteiger partial charge on any atom is -0.489 e. The lowest BCUT2D eigenvalue weighted by molar-refractivity contribution is -0.137. The zero-order valence-electron chi connectivity index (χ0n) is 15.6. The Morgan fingerprint density at radius 3 is 2.27 bits per heavy atom. The van der Waals surface area contributed by atoms with Gasteiger partial charge in [-0.25, -0.2) is 9.18 Å². The minimum atomic E-state index is -4.74. The molecule has 0 spiro atoms. The largest absolute Gasteiger partial charge is 0.489 e. The summed E-state index contributed by atoms with van der Waals surface area (Å²) in [6.07, 6.45) is -4.16. The van der Waals surface area contributed by atoms with Gasteiger partial charge in [-0.3, -0.25) is 0 Å². The number of carbonyl (C=O) groups excluding carboxylic acids is 1. The number of nitrogens with one attached hydrogen (secondary N) is 1. The lowest BCUT2D eigenvalue weighted by Gasteiger charge is -2.23. The van der Waals surface area contributed by atoms with Crippen LogP contribution in [0.15, 0.2) is 30.3 Å². The predicted octanol–water partition coefficient (Wildman–Crippen LogP) is 7.13. The zero-order chi connectivity index (χ0) is 22.5. The molecule has 0 radical (unpaired) electrons. The highest BCUT2D eigenvalue weighted by atomic mass is 35.5. The Kier molecular flexibility index (Phi) is 8.46. The summed E-state index contributed by atoms with van der Waals surface area (Å²) in [6.45, 7) is 2.19. The molecule has 11 heteroatoms. The molecule has 2 aromatic rings. The molecule has 0 aliphatic heterocycles. The van der Waals surface area contributed by atoms with E-state index < -0.39 is 23.6 Å². The number of ether oxygens (including phenoxy) is 1. The third kappa shape index (κ3) is 6.82. The van der Waals surface area contributed by atoms with Crippen molar-refractivity contribution >= 4 is 46.5 Å². The molecule has 0 heterocycles. The van der Waals surface area contributed by atoms with Crippen molar-refractivity contribution in [3.63, 3.8) is 0 Å². The monoisotopic (exact) mass is 486 g/mol. The van der Waals surface area contributed by atoms with Crippen LogP contribution in [0.2, 0.25) is 15.1 Å². The van der Waals surface area contributed by atoms with Crippen LogP contribution >= 0.6 is 34.8 Å². The fraction of sp³-hybridized carbons (Fsp3) is 0.316. The first-order chi connectivity index (χ1) is 14.0. The molecule has 0 unspecified atom stereocenters. The topological polar surface area (TPSA) is 41.6 Å². The highest BCUT2D eigenvalue weighted by molar-refractivity contribution is 6.40. The lowest BCUT2D eigenvalue weighted by Crippen LogP contribution is -2.38. The Morgan fingerprint density at radius 2 is 1.70 bits per heavy atom. The van der Waals surface area contributed by atoms with Gasteiger partial charge in [-0.15, -0.1) is 0 Å². The van der Waals surface area contributed by atoms with E-state index in [0.717, 1.165) is 6.07 Å². The number of rotatable bonds is 7. The lowest BCUT2D eigenvalue weighted by atomic mass is 10.2. The molecule has 4 nitrogen and oxygen atoms in total. The van der Waals surface area contributed by atoms with E-state index in [0.29, 0.717) is 30.1 Å². The number of benzene rings is 2. The number of hydrogen-bond donors (Lipinski definition) is 1. The van der Waals surface area contributed by atoms with Gasteiger partial charge in [0.25, 0.3) is 0 Å². The Hall–Kier alpha value is -1.90. The first-order valence-corrected chi connectivity index (χ1v) is 9.85. The van der Waals surface area contributed by atoms with Crippen LogP contribution in [0.4, 0.5) is 28.0 Å². The van der Waals surface area contributed by atoms with Crippen LogP contribution in [0.25, 0.3) is 0 Å². The molecule has 0 aliphatic rings. The summed E-state index contributed by atoms with van der Waals surface area (Å²) in [5, 5.41) is 3.00. The zero-order valence-corrected chi connectivity index (χ0v) is 17.9. The summed E-state index contributed by atoms with van der Waals surface area (Å²) in [4.78, 5) is 13.8. The molecule has 0 saturated heterocycles. The van der Waals surface area contributed by atoms with E-state index in [1.165, 1.54) is 17.0 Å². The van der Waals surface area contributed by atoms with Crippen molar-refractivity contribution in [2.45, 2.75) is 19.5 Å². The van der Waals surface area contributed by atoms with E-state index in [1.54, 1.807) is 0 Å². The molecule has 2 amide bonds. The molecule has 164 valence electrons. The molecule has 0 saturated carbocycles. The average molecular weight is 488 g/mol. The summed E-state index contributed by atoms with van der Waals surface area (Å²) in [7, 11) is 0. The van der Waals surface area contributed by atoms with Crippen molar-refractivity contribution in [1.29, 1.82) is 0 Å². The number of alkyl halides is 3. The summed E-state index contributed by atoms with van der Waals surface area (Å²) in [5.41, 5.74) is -1.51. The van der Waals surface area contributed by atoms with Crippen molar-refractivity contribution in [2.24, 2.45) is 0 Å². The molecule has 0 atom stereocenters. The van der Waals surface area contributed by atoms with Gasteiger partial charge in [0.15, 0.2) is 5.75 Å². The molecule has 0 bridgehead atoms. The summed E-state index contributed by atoms with van der Waals surface area (Å²) >= 11 is 17.9. The van der Waals surface area contributed by atoms with Crippen molar-refractivity contribution in [3.8, 4) is 5.75 Å². The molecule has 2 aromatic carbocycles. The fourth-order valence-electron chi connectivity index (χ4n) is 2.54. The molecular weight excluding hydrogens is 471 g/mol. The van der Waals surface area contributed by atoms with Gasteiger partial charge in [0.05, 0.1) is 22.2 Å². The predicted molar refractivity (Wildman–Crippen MR) is 109 cm³/mol. The Labute approximate surface area is 185 Å². The van der Waals surface area contributed by atoms with E-state index in [1.807, 2.05) is 6.92 Å². The number of halogens is 7. The number of nitrogens with zero attached hydrogens (tertiary/aromatic N) is 1.